The van der Waals surface area contributed by atoms with Crippen LogP contribution in [0, 0.1) is 6.92 Å². The lowest BCUT2D eigenvalue weighted by atomic mass is 9.94. The second kappa shape index (κ2) is 12.8. The largest absolute Gasteiger partial charge is 0.507 e. The van der Waals surface area contributed by atoms with Crippen molar-refractivity contribution in [3.8, 4) is 5.75 Å². The Bertz CT molecular complexity index is 876. The summed E-state index contributed by atoms with van der Waals surface area (Å²) in [6.45, 7) is 8.17. The number of carbonyl (C=O) groups excluding carboxylic acids is 3. The van der Waals surface area contributed by atoms with Gasteiger partial charge in [-0.05, 0) is 52.5 Å². The van der Waals surface area contributed by atoms with Gasteiger partial charge in [0.15, 0.2) is 0 Å². The van der Waals surface area contributed by atoms with E-state index in [1.54, 1.807) is 45.9 Å². The van der Waals surface area contributed by atoms with Gasteiger partial charge in [-0.15, -0.1) is 0 Å². The Morgan fingerprint density at radius 3 is 2.40 bits per heavy atom. The lowest BCUT2D eigenvalue weighted by Gasteiger charge is -2.35. The number of amides is 3. The molecule has 1 aliphatic carbocycles. The van der Waals surface area contributed by atoms with Crippen LogP contribution in [-0.4, -0.2) is 63.9 Å². The summed E-state index contributed by atoms with van der Waals surface area (Å²) in [4.78, 5) is 40.9. The number of ether oxygens (including phenoxy) is 1. The molecule has 0 aromatic heterocycles. The first-order valence-electron chi connectivity index (χ1n) is 12.5. The van der Waals surface area contributed by atoms with Crippen LogP contribution in [0.1, 0.15) is 83.4 Å². The molecule has 1 fully saturated rings. The van der Waals surface area contributed by atoms with E-state index in [0.717, 1.165) is 32.1 Å². The summed E-state index contributed by atoms with van der Waals surface area (Å²) in [7, 11) is 0. The Morgan fingerprint density at radius 1 is 1.17 bits per heavy atom. The first-order valence-corrected chi connectivity index (χ1v) is 12.5. The van der Waals surface area contributed by atoms with Gasteiger partial charge in [0.1, 0.15) is 23.4 Å². The molecule has 35 heavy (non-hydrogen) atoms. The highest BCUT2D eigenvalue weighted by Crippen LogP contribution is 2.33. The molecule has 1 saturated carbocycles. The van der Waals surface area contributed by atoms with Gasteiger partial charge < -0.3 is 30.5 Å². The molecule has 2 atom stereocenters. The van der Waals surface area contributed by atoms with Crippen molar-refractivity contribution in [2.75, 3.05) is 13.2 Å². The normalized spacial score (nSPS) is 16.2. The van der Waals surface area contributed by atoms with Crippen molar-refractivity contribution >= 4 is 17.9 Å². The minimum Gasteiger partial charge on any atom is -0.507 e. The summed E-state index contributed by atoms with van der Waals surface area (Å²) in [5.74, 6) is -1.09. The zero-order chi connectivity index (χ0) is 26.2. The molecule has 0 bridgehead atoms. The summed E-state index contributed by atoms with van der Waals surface area (Å²) in [6, 6.07) is 2.63. The van der Waals surface area contributed by atoms with Gasteiger partial charge in [-0.3, -0.25) is 9.59 Å². The number of nitrogens with zero attached hydrogens (tertiary/aromatic N) is 1. The number of aliphatic hydroxyl groups excluding tert-OH is 1. The van der Waals surface area contributed by atoms with Crippen LogP contribution >= 0.6 is 0 Å². The van der Waals surface area contributed by atoms with Crippen LogP contribution in [0.15, 0.2) is 18.2 Å². The van der Waals surface area contributed by atoms with Crippen molar-refractivity contribution in [2.24, 2.45) is 0 Å². The van der Waals surface area contributed by atoms with E-state index in [-0.39, 0.29) is 18.3 Å². The van der Waals surface area contributed by atoms with Gasteiger partial charge in [-0.1, -0.05) is 44.4 Å². The second-order valence-electron chi connectivity index (χ2n) is 10.2. The van der Waals surface area contributed by atoms with Crippen LogP contribution in [0.25, 0.3) is 0 Å². The number of phenols is 1. The Kier molecular flexibility index (Phi) is 10.4. The van der Waals surface area contributed by atoms with Crippen LogP contribution < -0.4 is 10.6 Å². The summed E-state index contributed by atoms with van der Waals surface area (Å²) in [5.41, 5.74) is 0.0907. The number of aryl methyl sites for hydroxylation is 1. The van der Waals surface area contributed by atoms with E-state index in [1.165, 1.54) is 4.90 Å². The number of rotatable bonds is 9. The number of para-hydroxylation sites is 1. The molecule has 1 aliphatic rings. The van der Waals surface area contributed by atoms with Crippen LogP contribution in [0.3, 0.4) is 0 Å². The van der Waals surface area contributed by atoms with Gasteiger partial charge in [0.25, 0.3) is 0 Å². The smallest absolute Gasteiger partial charge is 0.408 e. The fourth-order valence-corrected chi connectivity index (χ4v) is 4.32. The van der Waals surface area contributed by atoms with E-state index < -0.39 is 42.2 Å². The summed E-state index contributed by atoms with van der Waals surface area (Å²) in [6.07, 6.45) is 4.58. The minimum absolute atomic E-state index is 0.00203. The highest BCUT2D eigenvalue weighted by molar-refractivity contribution is 5.92. The zero-order valence-corrected chi connectivity index (χ0v) is 21.6. The van der Waals surface area contributed by atoms with E-state index in [9.17, 15) is 24.6 Å². The summed E-state index contributed by atoms with van der Waals surface area (Å²) >= 11 is 0. The molecule has 1 aromatic carbocycles. The highest BCUT2D eigenvalue weighted by Gasteiger charge is 2.37. The number of phenolic OH excluding ortho intramolecular Hbond substituents is 1. The molecule has 0 aliphatic heterocycles. The molecule has 1 aromatic rings. The molecule has 2 rings (SSSR count). The molecular weight excluding hydrogens is 450 g/mol. The number of benzene rings is 1. The molecule has 0 saturated heterocycles. The molecule has 3 amide bonds. The van der Waals surface area contributed by atoms with Gasteiger partial charge in [0.05, 0.1) is 6.61 Å². The third-order valence-electron chi connectivity index (χ3n) is 5.99. The predicted octanol–water partition coefficient (Wildman–Crippen LogP) is 3.31. The first-order chi connectivity index (χ1) is 16.5. The number of aliphatic hydroxyl groups is 1. The molecule has 196 valence electrons. The predicted molar refractivity (Wildman–Crippen MR) is 133 cm³/mol. The van der Waals surface area contributed by atoms with Gasteiger partial charge >= 0.3 is 6.09 Å². The Balaban J connectivity index is 2.41. The second-order valence-corrected chi connectivity index (χ2v) is 10.2. The SMILES string of the molecule is CCCN(C(=O)C(CO)NC(=O)OC(C)(C)C)C(C(=O)NC1CCCCC1)c1cccc(C)c1O. The molecule has 0 heterocycles. The summed E-state index contributed by atoms with van der Waals surface area (Å²) in [5, 5.41) is 26.3. The third-order valence-corrected chi connectivity index (χ3v) is 5.99. The molecular formula is C26H41N3O6. The van der Waals surface area contributed by atoms with E-state index in [2.05, 4.69) is 10.6 Å². The van der Waals surface area contributed by atoms with Crippen molar-refractivity contribution in [3.05, 3.63) is 29.3 Å². The van der Waals surface area contributed by atoms with E-state index in [4.69, 9.17) is 4.74 Å². The Hall–Kier alpha value is -2.81. The summed E-state index contributed by atoms with van der Waals surface area (Å²) < 4.78 is 5.24. The fourth-order valence-electron chi connectivity index (χ4n) is 4.32. The molecule has 2 unspecified atom stereocenters. The first kappa shape index (κ1) is 28.4. The van der Waals surface area contributed by atoms with E-state index >= 15 is 0 Å². The Labute approximate surface area is 208 Å². The number of carbonyl (C=O) groups is 3. The quantitative estimate of drug-likeness (QED) is 0.420. The highest BCUT2D eigenvalue weighted by atomic mass is 16.6. The van der Waals surface area contributed by atoms with Crippen LogP contribution in [0.2, 0.25) is 0 Å². The van der Waals surface area contributed by atoms with Crippen molar-refractivity contribution in [3.63, 3.8) is 0 Å². The third kappa shape index (κ3) is 8.13. The van der Waals surface area contributed by atoms with Crippen molar-refractivity contribution in [1.82, 2.24) is 15.5 Å². The topological polar surface area (TPSA) is 128 Å². The van der Waals surface area contributed by atoms with Crippen LogP contribution in [0.4, 0.5) is 4.79 Å². The molecule has 0 spiro atoms. The Morgan fingerprint density at radius 2 is 1.83 bits per heavy atom. The van der Waals surface area contributed by atoms with Gasteiger partial charge in [-0.25, -0.2) is 4.79 Å². The maximum Gasteiger partial charge on any atom is 0.408 e. The number of nitrogens with one attached hydrogen (secondary N) is 2. The van der Waals surface area contributed by atoms with E-state index in [0.29, 0.717) is 17.5 Å². The van der Waals surface area contributed by atoms with Crippen molar-refractivity contribution < 1.29 is 29.3 Å². The molecule has 9 nitrogen and oxygen atoms in total. The average Bonchev–Trinajstić information content (AvgIpc) is 2.79. The zero-order valence-electron chi connectivity index (χ0n) is 21.6. The number of aromatic hydroxyl groups is 1. The molecule has 9 heteroatoms. The maximum absolute atomic E-state index is 13.6. The van der Waals surface area contributed by atoms with Crippen LogP contribution in [0.5, 0.6) is 5.75 Å². The maximum atomic E-state index is 13.6. The van der Waals surface area contributed by atoms with Crippen molar-refractivity contribution in [2.45, 2.75) is 96.9 Å². The average molecular weight is 492 g/mol. The fraction of sp³-hybridized carbons (Fsp3) is 0.654. The van der Waals surface area contributed by atoms with Crippen molar-refractivity contribution in [1.29, 1.82) is 0 Å². The molecule has 0 radical (unpaired) electrons. The van der Waals surface area contributed by atoms with Gasteiger partial charge in [-0.2, -0.15) is 0 Å². The van der Waals surface area contributed by atoms with Gasteiger partial charge in [0.2, 0.25) is 11.8 Å². The lowest BCUT2D eigenvalue weighted by Crippen LogP contribution is -2.55. The van der Waals surface area contributed by atoms with Crippen LogP contribution in [-0.2, 0) is 14.3 Å². The lowest BCUT2D eigenvalue weighted by molar-refractivity contribution is -0.143. The standard InChI is InChI=1S/C26H41N3O6/c1-6-15-29(24(33)20(16-30)28-25(34)35-26(3,4)5)21(19-14-10-11-17(2)22(19)31)23(32)27-18-12-8-7-9-13-18/h10-11,14,18,20-21,30-31H,6-9,12-13,15-16H2,1-5H3,(H,27,32)(H,28,34). The minimum atomic E-state index is -1.31. The van der Waals surface area contributed by atoms with E-state index in [1.807, 2.05) is 6.92 Å². The monoisotopic (exact) mass is 491 g/mol. The number of alkyl carbamates (subject to hydrolysis) is 1. The number of hydrogen-bond acceptors (Lipinski definition) is 6. The van der Waals surface area contributed by atoms with Gasteiger partial charge in [0, 0.05) is 18.2 Å². The number of hydrogen-bond donors (Lipinski definition) is 4. The molecule has 4 N–H and O–H groups in total.